The van der Waals surface area contributed by atoms with Crippen molar-refractivity contribution < 1.29 is 22.4 Å². The monoisotopic (exact) mass is 381 g/mol. The number of aromatic nitrogens is 2. The second kappa shape index (κ2) is 7.22. The number of hydrogen-bond donors (Lipinski definition) is 2. The fraction of sp³-hybridized carbons (Fsp3) is 0.235. The van der Waals surface area contributed by atoms with E-state index < -0.39 is 23.5 Å². The average Bonchev–Trinajstić information content (AvgIpc) is 2.64. The maximum absolute atomic E-state index is 12.8. The summed E-state index contributed by atoms with van der Waals surface area (Å²) in [7, 11) is 0. The topological polar surface area (TPSA) is 84.1 Å². The van der Waals surface area contributed by atoms with Crippen molar-refractivity contribution in [2.45, 2.75) is 12.6 Å². The highest BCUT2D eigenvalue weighted by molar-refractivity contribution is 5.94. The third-order valence-corrected chi connectivity index (χ3v) is 3.99. The van der Waals surface area contributed by atoms with Gasteiger partial charge in [0.2, 0.25) is 5.95 Å². The molecule has 3 rings (SSSR count). The van der Waals surface area contributed by atoms with Gasteiger partial charge in [0.15, 0.2) is 5.82 Å². The molecule has 1 aliphatic rings. The van der Waals surface area contributed by atoms with Crippen molar-refractivity contribution in [1.29, 1.82) is 0 Å². The van der Waals surface area contributed by atoms with Gasteiger partial charge in [0.05, 0.1) is 24.5 Å². The van der Waals surface area contributed by atoms with Gasteiger partial charge in [-0.15, -0.1) is 0 Å². The van der Waals surface area contributed by atoms with Crippen molar-refractivity contribution in [1.82, 2.24) is 14.9 Å². The van der Waals surface area contributed by atoms with Crippen molar-refractivity contribution >= 4 is 11.9 Å². The SMILES string of the molecule is NC1=C(Nc2ncc(F)cn2)CCN(C(=O)c2cccc(C(F)(F)F)c2)C1. The second-order valence-electron chi connectivity index (χ2n) is 5.91. The molecular formula is C17H15F4N5O. The van der Waals surface area contributed by atoms with Gasteiger partial charge in [0.25, 0.3) is 5.91 Å². The van der Waals surface area contributed by atoms with Crippen LogP contribution in [0.15, 0.2) is 48.1 Å². The Morgan fingerprint density at radius 2 is 1.93 bits per heavy atom. The molecule has 0 aliphatic carbocycles. The number of alkyl halides is 3. The lowest BCUT2D eigenvalue weighted by Gasteiger charge is -2.29. The minimum atomic E-state index is -4.52. The smallest absolute Gasteiger partial charge is 0.399 e. The number of nitrogens with one attached hydrogen (secondary N) is 1. The second-order valence-corrected chi connectivity index (χ2v) is 5.91. The zero-order chi connectivity index (χ0) is 19.6. The quantitative estimate of drug-likeness (QED) is 0.799. The predicted octanol–water partition coefficient (Wildman–Crippen LogP) is 2.76. The summed E-state index contributed by atoms with van der Waals surface area (Å²) in [6.45, 7) is 0.290. The Morgan fingerprint density at radius 3 is 2.56 bits per heavy atom. The largest absolute Gasteiger partial charge is 0.416 e. The summed E-state index contributed by atoms with van der Waals surface area (Å²) >= 11 is 0. The van der Waals surface area contributed by atoms with Crippen LogP contribution in [0.5, 0.6) is 0 Å². The van der Waals surface area contributed by atoms with Gasteiger partial charge in [-0.05, 0) is 18.2 Å². The number of hydrogen-bond acceptors (Lipinski definition) is 5. The van der Waals surface area contributed by atoms with E-state index in [0.29, 0.717) is 17.8 Å². The predicted molar refractivity (Wildman–Crippen MR) is 88.8 cm³/mol. The Hall–Kier alpha value is -3.17. The fourth-order valence-corrected chi connectivity index (χ4v) is 2.63. The highest BCUT2D eigenvalue weighted by Gasteiger charge is 2.31. The number of nitrogens with zero attached hydrogens (tertiary/aromatic N) is 3. The molecule has 0 atom stereocenters. The number of carbonyl (C=O) groups excluding carboxylic acids is 1. The lowest BCUT2D eigenvalue weighted by molar-refractivity contribution is -0.137. The maximum Gasteiger partial charge on any atom is 0.416 e. The van der Waals surface area contributed by atoms with Crippen LogP contribution in [0.25, 0.3) is 0 Å². The minimum absolute atomic E-state index is 0.0403. The van der Waals surface area contributed by atoms with E-state index in [0.717, 1.165) is 24.5 Å². The van der Waals surface area contributed by atoms with Crippen LogP contribution >= 0.6 is 0 Å². The molecule has 2 aromatic rings. The van der Waals surface area contributed by atoms with Gasteiger partial charge in [-0.25, -0.2) is 14.4 Å². The summed E-state index contributed by atoms with van der Waals surface area (Å²) in [5, 5.41) is 2.87. The summed E-state index contributed by atoms with van der Waals surface area (Å²) in [6.07, 6.45) is -2.20. The van der Waals surface area contributed by atoms with E-state index in [1.54, 1.807) is 0 Å². The van der Waals surface area contributed by atoms with Crippen LogP contribution in [0.3, 0.4) is 0 Å². The lowest BCUT2D eigenvalue weighted by Crippen LogP contribution is -2.40. The first-order valence-electron chi connectivity index (χ1n) is 7.92. The molecule has 0 fully saturated rings. The lowest BCUT2D eigenvalue weighted by atomic mass is 10.1. The zero-order valence-electron chi connectivity index (χ0n) is 13.9. The van der Waals surface area contributed by atoms with Crippen LogP contribution in [0.2, 0.25) is 0 Å². The molecule has 1 aromatic carbocycles. The summed E-state index contributed by atoms with van der Waals surface area (Å²) in [5.74, 6) is -0.961. The molecule has 2 heterocycles. The van der Waals surface area contributed by atoms with Crippen molar-refractivity contribution in [3.63, 3.8) is 0 Å². The molecule has 3 N–H and O–H groups in total. The highest BCUT2D eigenvalue weighted by Crippen LogP contribution is 2.30. The Labute approximate surface area is 151 Å². The Morgan fingerprint density at radius 1 is 1.22 bits per heavy atom. The van der Waals surface area contributed by atoms with Gasteiger partial charge in [0.1, 0.15) is 0 Å². The summed E-state index contributed by atoms with van der Waals surface area (Å²) in [4.78, 5) is 21.4. The van der Waals surface area contributed by atoms with Crippen LogP contribution < -0.4 is 11.1 Å². The zero-order valence-corrected chi connectivity index (χ0v) is 13.9. The number of rotatable bonds is 3. The van der Waals surface area contributed by atoms with E-state index in [1.165, 1.54) is 17.0 Å². The molecular weight excluding hydrogens is 366 g/mol. The van der Waals surface area contributed by atoms with Gasteiger partial charge < -0.3 is 16.0 Å². The van der Waals surface area contributed by atoms with Crippen molar-refractivity contribution in [3.8, 4) is 0 Å². The molecule has 1 aromatic heterocycles. The number of carbonyl (C=O) groups is 1. The van der Waals surface area contributed by atoms with Crippen molar-refractivity contribution in [2.24, 2.45) is 5.73 Å². The number of halogens is 4. The minimum Gasteiger partial charge on any atom is -0.399 e. The fourth-order valence-electron chi connectivity index (χ4n) is 2.63. The number of amides is 1. The van der Waals surface area contributed by atoms with E-state index in [4.69, 9.17) is 5.73 Å². The number of benzene rings is 1. The third kappa shape index (κ3) is 4.33. The molecule has 10 heteroatoms. The van der Waals surface area contributed by atoms with Crippen LogP contribution in [0.1, 0.15) is 22.3 Å². The highest BCUT2D eigenvalue weighted by atomic mass is 19.4. The molecule has 0 bridgehead atoms. The van der Waals surface area contributed by atoms with Crippen molar-refractivity contribution in [2.75, 3.05) is 18.4 Å². The van der Waals surface area contributed by atoms with Gasteiger partial charge in [-0.3, -0.25) is 4.79 Å². The Balaban J connectivity index is 1.72. The molecule has 0 saturated carbocycles. The first kappa shape index (κ1) is 18.6. The van der Waals surface area contributed by atoms with E-state index in [-0.39, 0.29) is 24.6 Å². The van der Waals surface area contributed by atoms with Gasteiger partial charge in [-0.1, -0.05) is 6.07 Å². The number of anilines is 1. The van der Waals surface area contributed by atoms with Crippen LogP contribution in [-0.2, 0) is 6.18 Å². The summed E-state index contributed by atoms with van der Waals surface area (Å²) in [5.41, 5.74) is 5.94. The molecule has 142 valence electrons. The molecule has 27 heavy (non-hydrogen) atoms. The average molecular weight is 381 g/mol. The standard InChI is InChI=1S/C17H15F4N5O/c18-12-7-23-16(24-8-12)25-14-4-5-26(9-13(14)22)15(27)10-2-1-3-11(6-10)17(19,20)21/h1-3,6-8H,4-5,9,22H2,(H,23,24,25). The van der Waals surface area contributed by atoms with Crippen LogP contribution in [-0.4, -0.2) is 33.9 Å². The summed E-state index contributed by atoms with van der Waals surface area (Å²) in [6, 6.07) is 4.25. The maximum atomic E-state index is 12.8. The first-order chi connectivity index (χ1) is 12.7. The molecule has 1 aliphatic heterocycles. The van der Waals surface area contributed by atoms with Gasteiger partial charge in [-0.2, -0.15) is 13.2 Å². The summed E-state index contributed by atoms with van der Waals surface area (Å²) < 4.78 is 51.3. The third-order valence-electron chi connectivity index (χ3n) is 3.99. The molecule has 6 nitrogen and oxygen atoms in total. The van der Waals surface area contributed by atoms with Gasteiger partial charge >= 0.3 is 6.18 Å². The molecule has 0 spiro atoms. The number of nitrogens with two attached hydrogens (primary N) is 1. The molecule has 0 saturated heterocycles. The Kier molecular flexibility index (Phi) is 4.98. The Bertz CT molecular complexity index is 880. The van der Waals surface area contributed by atoms with E-state index in [9.17, 15) is 22.4 Å². The molecule has 0 radical (unpaired) electrons. The molecule has 1 amide bonds. The van der Waals surface area contributed by atoms with Gasteiger partial charge in [0, 0.05) is 29.9 Å². The van der Waals surface area contributed by atoms with Crippen molar-refractivity contribution in [3.05, 3.63) is 65.0 Å². The van der Waals surface area contributed by atoms with Crippen LogP contribution in [0, 0.1) is 5.82 Å². The normalized spacial score (nSPS) is 15.0. The van der Waals surface area contributed by atoms with E-state index in [2.05, 4.69) is 15.3 Å². The van der Waals surface area contributed by atoms with E-state index >= 15 is 0 Å². The first-order valence-corrected chi connectivity index (χ1v) is 7.92. The van der Waals surface area contributed by atoms with Crippen LogP contribution in [0.4, 0.5) is 23.5 Å². The molecule has 0 unspecified atom stereocenters. The van der Waals surface area contributed by atoms with E-state index in [1.807, 2.05) is 0 Å².